The highest BCUT2D eigenvalue weighted by Crippen LogP contribution is 2.29. The molecule has 0 aliphatic heterocycles. The summed E-state index contributed by atoms with van der Waals surface area (Å²) in [6.07, 6.45) is 1.16. The highest BCUT2D eigenvalue weighted by Gasteiger charge is 2.10. The maximum Gasteiger partial charge on any atom is 0.133 e. The fourth-order valence-corrected chi connectivity index (χ4v) is 2.50. The molecular weight excluding hydrogens is 242 g/mol. The first kappa shape index (κ1) is 13.4. The normalized spacial score (nSPS) is 13.2. The van der Waals surface area contributed by atoms with E-state index in [0.29, 0.717) is 17.0 Å². The molecule has 1 heterocycles. The second-order valence-electron chi connectivity index (χ2n) is 5.28. The molecule has 1 nitrogen and oxygen atoms in total. The third-order valence-electron chi connectivity index (χ3n) is 3.62. The second kappa shape index (κ2) is 5.27. The van der Waals surface area contributed by atoms with Crippen LogP contribution in [-0.4, -0.2) is 4.98 Å². The Bertz CT molecular complexity index is 560. The Morgan fingerprint density at radius 2 is 1.89 bits per heavy atom. The third kappa shape index (κ3) is 2.51. The summed E-state index contributed by atoms with van der Waals surface area (Å²) in [7, 11) is 0. The lowest BCUT2D eigenvalue weighted by atomic mass is 9.96. The highest BCUT2D eigenvalue weighted by molar-refractivity contribution is 6.30. The summed E-state index contributed by atoms with van der Waals surface area (Å²) in [5.41, 5.74) is 3.49. The first-order chi connectivity index (χ1) is 8.52. The Balaban J connectivity index is 2.58. The standard InChI is InChI=1S/C16H20ClN/c1-5-11(4)12-6-7-15-13(8-12)9-14(10(2)3)16(17)18-15/h6-11H,5H2,1-4H3. The zero-order valence-electron chi connectivity index (χ0n) is 11.5. The van der Waals surface area contributed by atoms with Crippen molar-refractivity contribution in [3.8, 4) is 0 Å². The van der Waals surface area contributed by atoms with Gasteiger partial charge in [0.2, 0.25) is 0 Å². The Morgan fingerprint density at radius 1 is 1.17 bits per heavy atom. The van der Waals surface area contributed by atoms with Crippen LogP contribution >= 0.6 is 11.6 Å². The maximum absolute atomic E-state index is 6.22. The van der Waals surface area contributed by atoms with E-state index < -0.39 is 0 Å². The van der Waals surface area contributed by atoms with Gasteiger partial charge in [-0.15, -0.1) is 0 Å². The molecule has 2 aromatic rings. The molecule has 1 aromatic heterocycles. The quantitative estimate of drug-likeness (QED) is 0.663. The molecule has 0 N–H and O–H groups in total. The first-order valence-corrected chi connectivity index (χ1v) is 7.00. The van der Waals surface area contributed by atoms with Crippen LogP contribution in [0.15, 0.2) is 24.3 Å². The lowest BCUT2D eigenvalue weighted by Gasteiger charge is -2.12. The number of pyridine rings is 1. The van der Waals surface area contributed by atoms with Crippen LogP contribution in [0.3, 0.4) is 0 Å². The monoisotopic (exact) mass is 261 g/mol. The fourth-order valence-electron chi connectivity index (χ4n) is 2.13. The van der Waals surface area contributed by atoms with Gasteiger partial charge in [-0.25, -0.2) is 4.98 Å². The predicted octanol–water partition coefficient (Wildman–Crippen LogP) is 5.53. The summed E-state index contributed by atoms with van der Waals surface area (Å²) in [5, 5.41) is 1.83. The van der Waals surface area contributed by atoms with Crippen molar-refractivity contribution in [3.63, 3.8) is 0 Å². The highest BCUT2D eigenvalue weighted by atomic mass is 35.5. The average molecular weight is 262 g/mol. The summed E-state index contributed by atoms with van der Waals surface area (Å²) in [5.74, 6) is 0.995. The minimum atomic E-state index is 0.404. The third-order valence-corrected chi connectivity index (χ3v) is 3.93. The van der Waals surface area contributed by atoms with Gasteiger partial charge in [0.25, 0.3) is 0 Å². The van der Waals surface area contributed by atoms with Gasteiger partial charge in [-0.05, 0) is 47.6 Å². The topological polar surface area (TPSA) is 12.9 Å². The molecule has 96 valence electrons. The van der Waals surface area contributed by atoms with Crippen molar-refractivity contribution in [2.45, 2.75) is 46.0 Å². The summed E-state index contributed by atoms with van der Waals surface area (Å²) in [4.78, 5) is 4.49. The zero-order valence-corrected chi connectivity index (χ0v) is 12.3. The number of fused-ring (bicyclic) bond motifs is 1. The van der Waals surface area contributed by atoms with Crippen molar-refractivity contribution in [3.05, 3.63) is 40.5 Å². The van der Waals surface area contributed by atoms with Crippen molar-refractivity contribution < 1.29 is 0 Å². The molecule has 0 spiro atoms. The van der Waals surface area contributed by atoms with Gasteiger partial charge in [0.15, 0.2) is 0 Å². The van der Waals surface area contributed by atoms with Crippen LogP contribution in [0.1, 0.15) is 57.1 Å². The van der Waals surface area contributed by atoms with Crippen LogP contribution in [0.25, 0.3) is 10.9 Å². The van der Waals surface area contributed by atoms with E-state index in [1.54, 1.807) is 0 Å². The number of halogens is 1. The Morgan fingerprint density at radius 3 is 2.50 bits per heavy atom. The molecule has 1 unspecified atom stereocenters. The summed E-state index contributed by atoms with van der Waals surface area (Å²) < 4.78 is 0. The molecule has 0 aliphatic rings. The van der Waals surface area contributed by atoms with E-state index in [1.165, 1.54) is 10.9 Å². The Labute approximate surface area is 114 Å². The van der Waals surface area contributed by atoms with E-state index in [-0.39, 0.29) is 0 Å². The van der Waals surface area contributed by atoms with Crippen LogP contribution in [-0.2, 0) is 0 Å². The number of aromatic nitrogens is 1. The minimum absolute atomic E-state index is 0.404. The SMILES string of the molecule is CCC(C)c1ccc2nc(Cl)c(C(C)C)cc2c1. The predicted molar refractivity (Wildman–Crippen MR) is 79.5 cm³/mol. The average Bonchev–Trinajstić information content (AvgIpc) is 2.36. The van der Waals surface area contributed by atoms with Crippen LogP contribution in [0, 0.1) is 0 Å². The minimum Gasteiger partial charge on any atom is -0.236 e. The van der Waals surface area contributed by atoms with Gasteiger partial charge in [0, 0.05) is 5.39 Å². The number of hydrogen-bond donors (Lipinski definition) is 0. The van der Waals surface area contributed by atoms with Crippen LogP contribution in [0.5, 0.6) is 0 Å². The largest absolute Gasteiger partial charge is 0.236 e. The maximum atomic E-state index is 6.22. The molecule has 0 aliphatic carbocycles. The molecule has 0 saturated heterocycles. The molecule has 1 atom stereocenters. The molecule has 2 heteroatoms. The van der Waals surface area contributed by atoms with Crippen molar-refractivity contribution in [2.75, 3.05) is 0 Å². The van der Waals surface area contributed by atoms with Gasteiger partial charge in [-0.2, -0.15) is 0 Å². The Kier molecular flexibility index (Phi) is 3.91. The van der Waals surface area contributed by atoms with E-state index in [9.17, 15) is 0 Å². The van der Waals surface area contributed by atoms with Gasteiger partial charge in [0.05, 0.1) is 5.52 Å². The van der Waals surface area contributed by atoms with Gasteiger partial charge >= 0.3 is 0 Å². The van der Waals surface area contributed by atoms with Gasteiger partial charge in [0.1, 0.15) is 5.15 Å². The fraction of sp³-hybridized carbons (Fsp3) is 0.438. The van der Waals surface area contributed by atoms with Crippen molar-refractivity contribution >= 4 is 22.5 Å². The summed E-state index contributed by atoms with van der Waals surface area (Å²) >= 11 is 6.22. The molecule has 18 heavy (non-hydrogen) atoms. The molecule has 0 radical (unpaired) electrons. The van der Waals surface area contributed by atoms with Crippen molar-refractivity contribution in [2.24, 2.45) is 0 Å². The smallest absolute Gasteiger partial charge is 0.133 e. The molecular formula is C16H20ClN. The molecule has 2 rings (SSSR count). The number of benzene rings is 1. The second-order valence-corrected chi connectivity index (χ2v) is 5.64. The number of nitrogens with zero attached hydrogens (tertiary/aromatic N) is 1. The zero-order chi connectivity index (χ0) is 13.3. The molecule has 0 bridgehead atoms. The number of hydrogen-bond acceptors (Lipinski definition) is 1. The number of rotatable bonds is 3. The van der Waals surface area contributed by atoms with E-state index in [1.807, 2.05) is 0 Å². The molecule has 0 saturated carbocycles. The van der Waals surface area contributed by atoms with Gasteiger partial charge < -0.3 is 0 Å². The van der Waals surface area contributed by atoms with Gasteiger partial charge in [-0.3, -0.25) is 0 Å². The van der Waals surface area contributed by atoms with E-state index in [2.05, 4.69) is 56.9 Å². The van der Waals surface area contributed by atoms with E-state index in [0.717, 1.165) is 17.5 Å². The molecule has 0 fully saturated rings. The molecule has 1 aromatic carbocycles. The van der Waals surface area contributed by atoms with Crippen molar-refractivity contribution in [1.29, 1.82) is 0 Å². The van der Waals surface area contributed by atoms with E-state index >= 15 is 0 Å². The van der Waals surface area contributed by atoms with E-state index in [4.69, 9.17) is 11.6 Å². The Hall–Kier alpha value is -1.08. The van der Waals surface area contributed by atoms with Crippen LogP contribution < -0.4 is 0 Å². The van der Waals surface area contributed by atoms with Crippen LogP contribution in [0.4, 0.5) is 0 Å². The lowest BCUT2D eigenvalue weighted by Crippen LogP contribution is -1.95. The van der Waals surface area contributed by atoms with Crippen molar-refractivity contribution in [1.82, 2.24) is 4.98 Å². The lowest BCUT2D eigenvalue weighted by molar-refractivity contribution is 0.734. The summed E-state index contributed by atoms with van der Waals surface area (Å²) in [6.45, 7) is 8.77. The summed E-state index contributed by atoms with van der Waals surface area (Å²) in [6, 6.07) is 8.67. The van der Waals surface area contributed by atoms with Gasteiger partial charge in [-0.1, -0.05) is 45.4 Å². The first-order valence-electron chi connectivity index (χ1n) is 6.63. The van der Waals surface area contributed by atoms with Crippen LogP contribution in [0.2, 0.25) is 5.15 Å². The molecule has 0 amide bonds.